The summed E-state index contributed by atoms with van der Waals surface area (Å²) in [6, 6.07) is 24.2. The van der Waals surface area contributed by atoms with Gasteiger partial charge in [0.15, 0.2) is 0 Å². The predicted octanol–water partition coefficient (Wildman–Crippen LogP) is 3.79. The number of nitrogens with one attached hydrogen (secondary N) is 1. The van der Waals surface area contributed by atoms with Gasteiger partial charge in [-0.05, 0) is 49.4 Å². The smallest absolute Gasteiger partial charge is 0.261 e. The molecule has 5 heteroatoms. The summed E-state index contributed by atoms with van der Waals surface area (Å²) in [5.74, 6) is -0.542. The zero-order chi connectivity index (χ0) is 19.0. The fourth-order valence-corrected chi connectivity index (χ4v) is 3.50. The van der Waals surface area contributed by atoms with Crippen LogP contribution >= 0.6 is 0 Å². The molecule has 1 aliphatic rings. The Morgan fingerprint density at radius 2 is 1.56 bits per heavy atom. The van der Waals surface area contributed by atoms with E-state index < -0.39 is 11.4 Å². The molecule has 4 rings (SSSR count). The highest BCUT2D eigenvalue weighted by Crippen LogP contribution is 2.45. The summed E-state index contributed by atoms with van der Waals surface area (Å²) in [5, 5.41) is 3.35. The highest BCUT2D eigenvalue weighted by atomic mass is 16.2. The summed E-state index contributed by atoms with van der Waals surface area (Å²) in [4.78, 5) is 26.5. The maximum absolute atomic E-state index is 13.5. The van der Waals surface area contributed by atoms with Gasteiger partial charge in [-0.2, -0.15) is 0 Å². The van der Waals surface area contributed by atoms with Crippen molar-refractivity contribution < 1.29 is 9.59 Å². The monoisotopic (exact) mass is 357 g/mol. The van der Waals surface area contributed by atoms with Crippen molar-refractivity contribution in [3.05, 3.63) is 90.0 Å². The maximum Gasteiger partial charge on any atom is 0.261 e. The molecule has 3 N–H and O–H groups in total. The minimum absolute atomic E-state index is 0.0612. The van der Waals surface area contributed by atoms with E-state index in [2.05, 4.69) is 5.32 Å². The minimum atomic E-state index is -0.930. The summed E-state index contributed by atoms with van der Waals surface area (Å²) >= 11 is 0. The first-order valence-corrected chi connectivity index (χ1v) is 8.68. The lowest BCUT2D eigenvalue weighted by atomic mass is 9.93. The van der Waals surface area contributed by atoms with Crippen molar-refractivity contribution in [3.8, 4) is 0 Å². The lowest BCUT2D eigenvalue weighted by molar-refractivity contribution is -0.121. The number of benzene rings is 3. The number of hydrogen-bond donors (Lipinski definition) is 2. The van der Waals surface area contributed by atoms with Gasteiger partial charge in [-0.25, -0.2) is 0 Å². The van der Waals surface area contributed by atoms with E-state index in [-0.39, 0.29) is 5.91 Å². The topological polar surface area (TPSA) is 75.4 Å². The number of nitrogens with two attached hydrogens (primary N) is 1. The molecule has 0 radical (unpaired) electrons. The van der Waals surface area contributed by atoms with Crippen molar-refractivity contribution in [2.45, 2.75) is 12.5 Å². The standard InChI is InChI=1S/C22H19N3O2/c1-22(24-16-13-11-15(12-14-16)20(23)26)18-9-5-6-10-19(18)25(21(22)27)17-7-3-2-4-8-17/h2-14,24H,1H3,(H2,23,26). The Balaban J connectivity index is 1.76. The van der Waals surface area contributed by atoms with E-state index in [9.17, 15) is 9.59 Å². The number of para-hydroxylation sites is 2. The number of fused-ring (bicyclic) bond motifs is 1. The third-order valence-electron chi connectivity index (χ3n) is 4.89. The molecule has 0 aliphatic carbocycles. The van der Waals surface area contributed by atoms with Gasteiger partial charge in [-0.1, -0.05) is 36.4 Å². The Labute approximate surface area is 157 Å². The van der Waals surface area contributed by atoms with Gasteiger partial charge < -0.3 is 11.1 Å². The molecule has 0 saturated carbocycles. The number of amides is 2. The van der Waals surface area contributed by atoms with Crippen LogP contribution in [0.25, 0.3) is 0 Å². The molecule has 134 valence electrons. The number of carbonyl (C=O) groups excluding carboxylic acids is 2. The van der Waals surface area contributed by atoms with Crippen LogP contribution in [-0.4, -0.2) is 11.8 Å². The summed E-state index contributed by atoms with van der Waals surface area (Å²) in [6.07, 6.45) is 0. The highest BCUT2D eigenvalue weighted by Gasteiger charge is 2.48. The normalized spacial score (nSPS) is 18.3. The molecule has 1 heterocycles. The molecule has 3 aromatic rings. The SMILES string of the molecule is CC1(Nc2ccc(C(N)=O)cc2)C(=O)N(c2ccccc2)c2ccccc21. The van der Waals surface area contributed by atoms with Crippen molar-refractivity contribution in [1.29, 1.82) is 0 Å². The van der Waals surface area contributed by atoms with Gasteiger partial charge in [0.2, 0.25) is 5.91 Å². The molecule has 5 nitrogen and oxygen atoms in total. The molecule has 0 bridgehead atoms. The van der Waals surface area contributed by atoms with Crippen LogP contribution in [0.15, 0.2) is 78.9 Å². The highest BCUT2D eigenvalue weighted by molar-refractivity contribution is 6.13. The molecule has 0 saturated heterocycles. The molecular formula is C22H19N3O2. The van der Waals surface area contributed by atoms with Crippen LogP contribution < -0.4 is 16.0 Å². The van der Waals surface area contributed by atoms with Gasteiger partial charge >= 0.3 is 0 Å². The van der Waals surface area contributed by atoms with E-state index in [0.29, 0.717) is 5.56 Å². The van der Waals surface area contributed by atoms with Crippen molar-refractivity contribution in [3.63, 3.8) is 0 Å². The van der Waals surface area contributed by atoms with E-state index in [1.807, 2.05) is 61.5 Å². The number of carbonyl (C=O) groups is 2. The molecule has 27 heavy (non-hydrogen) atoms. The van der Waals surface area contributed by atoms with Crippen LogP contribution in [0.5, 0.6) is 0 Å². The van der Waals surface area contributed by atoms with Gasteiger partial charge in [0, 0.05) is 22.5 Å². The molecule has 1 aliphatic heterocycles. The van der Waals surface area contributed by atoms with Crippen LogP contribution in [0.1, 0.15) is 22.8 Å². The van der Waals surface area contributed by atoms with Crippen LogP contribution in [0, 0.1) is 0 Å². The van der Waals surface area contributed by atoms with Gasteiger partial charge in [-0.15, -0.1) is 0 Å². The Kier molecular flexibility index (Phi) is 3.92. The largest absolute Gasteiger partial charge is 0.368 e. The van der Waals surface area contributed by atoms with Crippen molar-refractivity contribution >= 4 is 28.9 Å². The van der Waals surface area contributed by atoms with Gasteiger partial charge in [0.25, 0.3) is 5.91 Å². The average Bonchev–Trinajstić information content (AvgIpc) is 2.90. The minimum Gasteiger partial charge on any atom is -0.368 e. The Bertz CT molecular complexity index is 1020. The number of hydrogen-bond acceptors (Lipinski definition) is 3. The second kappa shape index (κ2) is 6.29. The molecule has 1 unspecified atom stereocenters. The van der Waals surface area contributed by atoms with Crippen molar-refractivity contribution in [2.24, 2.45) is 5.73 Å². The molecule has 0 fully saturated rings. The number of anilines is 3. The molecule has 3 aromatic carbocycles. The first-order valence-electron chi connectivity index (χ1n) is 8.68. The fourth-order valence-electron chi connectivity index (χ4n) is 3.50. The van der Waals surface area contributed by atoms with Gasteiger partial charge in [0.1, 0.15) is 5.54 Å². The van der Waals surface area contributed by atoms with E-state index in [1.54, 1.807) is 29.2 Å². The van der Waals surface area contributed by atoms with Crippen molar-refractivity contribution in [1.82, 2.24) is 0 Å². The summed E-state index contributed by atoms with van der Waals surface area (Å²) < 4.78 is 0. The molecule has 0 aromatic heterocycles. The first kappa shape index (κ1) is 16.8. The Hall–Kier alpha value is -3.60. The lowest BCUT2D eigenvalue weighted by Crippen LogP contribution is -2.42. The van der Waals surface area contributed by atoms with Crippen LogP contribution in [-0.2, 0) is 10.3 Å². The van der Waals surface area contributed by atoms with Crippen molar-refractivity contribution in [2.75, 3.05) is 10.2 Å². The zero-order valence-corrected chi connectivity index (χ0v) is 14.8. The number of rotatable bonds is 4. The van der Waals surface area contributed by atoms with Crippen LogP contribution in [0.4, 0.5) is 17.1 Å². The molecule has 2 amide bonds. The van der Waals surface area contributed by atoms with Gasteiger partial charge in [-0.3, -0.25) is 14.5 Å². The number of primary amides is 1. The van der Waals surface area contributed by atoms with E-state index >= 15 is 0 Å². The fraction of sp³-hybridized carbons (Fsp3) is 0.0909. The second-order valence-corrected chi connectivity index (χ2v) is 6.68. The first-order chi connectivity index (χ1) is 13.0. The molecule has 1 atom stereocenters. The van der Waals surface area contributed by atoms with Crippen LogP contribution in [0.3, 0.4) is 0 Å². The van der Waals surface area contributed by atoms with Crippen LogP contribution in [0.2, 0.25) is 0 Å². The Morgan fingerprint density at radius 3 is 2.22 bits per heavy atom. The maximum atomic E-state index is 13.5. The second-order valence-electron chi connectivity index (χ2n) is 6.68. The summed E-state index contributed by atoms with van der Waals surface area (Å²) in [7, 11) is 0. The lowest BCUT2D eigenvalue weighted by Gasteiger charge is -2.27. The summed E-state index contributed by atoms with van der Waals surface area (Å²) in [6.45, 7) is 1.87. The van der Waals surface area contributed by atoms with Gasteiger partial charge in [0.05, 0.1) is 5.69 Å². The molecule has 0 spiro atoms. The zero-order valence-electron chi connectivity index (χ0n) is 14.8. The molecular weight excluding hydrogens is 338 g/mol. The van der Waals surface area contributed by atoms with E-state index in [0.717, 1.165) is 22.6 Å². The number of nitrogens with zero attached hydrogens (tertiary/aromatic N) is 1. The van der Waals surface area contributed by atoms with E-state index in [1.165, 1.54) is 0 Å². The third-order valence-corrected chi connectivity index (χ3v) is 4.89. The Morgan fingerprint density at radius 1 is 0.926 bits per heavy atom. The predicted molar refractivity (Wildman–Crippen MR) is 106 cm³/mol. The van der Waals surface area contributed by atoms with E-state index in [4.69, 9.17) is 5.73 Å². The quantitative estimate of drug-likeness (QED) is 0.746. The third kappa shape index (κ3) is 2.73. The summed E-state index contributed by atoms with van der Waals surface area (Å²) in [5.41, 5.74) is 8.12. The average molecular weight is 357 g/mol.